The zero-order chi connectivity index (χ0) is 20.1. The molecule has 1 aromatic carbocycles. The average molecular weight is 389 g/mol. The van der Waals surface area contributed by atoms with E-state index in [9.17, 15) is 14.7 Å². The third-order valence-corrected chi connectivity index (χ3v) is 6.36. The number of likely N-dealkylation sites (tertiary alicyclic amines) is 1. The third kappa shape index (κ3) is 3.21. The molecule has 0 bridgehead atoms. The van der Waals surface area contributed by atoms with Gasteiger partial charge in [-0.2, -0.15) is 0 Å². The van der Waals surface area contributed by atoms with Crippen LogP contribution in [0.3, 0.4) is 0 Å². The summed E-state index contributed by atoms with van der Waals surface area (Å²) in [5, 5.41) is 19.0. The molecule has 4 rings (SSSR count). The van der Waals surface area contributed by atoms with Crippen molar-refractivity contribution in [2.75, 3.05) is 6.54 Å². The van der Waals surface area contributed by atoms with Crippen molar-refractivity contribution in [1.82, 2.24) is 4.90 Å². The summed E-state index contributed by atoms with van der Waals surface area (Å²) < 4.78 is 12.6. The van der Waals surface area contributed by atoms with E-state index in [1.165, 1.54) is 0 Å². The fourth-order valence-electron chi connectivity index (χ4n) is 4.93. The summed E-state index contributed by atoms with van der Waals surface area (Å²) in [4.78, 5) is 25.2. The van der Waals surface area contributed by atoms with Gasteiger partial charge in [-0.3, -0.25) is 9.59 Å². The lowest BCUT2D eigenvalue weighted by Crippen LogP contribution is -2.54. The molecule has 0 radical (unpaired) electrons. The number of phenols is 1. The van der Waals surface area contributed by atoms with Crippen molar-refractivity contribution in [3.05, 3.63) is 23.8 Å². The van der Waals surface area contributed by atoms with Gasteiger partial charge in [-0.25, -0.2) is 0 Å². The molecule has 2 fully saturated rings. The summed E-state index contributed by atoms with van der Waals surface area (Å²) in [5.74, 6) is -0.207. The van der Waals surface area contributed by atoms with Crippen molar-refractivity contribution in [1.29, 1.82) is 0 Å². The van der Waals surface area contributed by atoms with Gasteiger partial charge >= 0.3 is 5.97 Å². The minimum absolute atomic E-state index is 0.00313. The van der Waals surface area contributed by atoms with Gasteiger partial charge in [-0.05, 0) is 39.2 Å². The quantitative estimate of drug-likeness (QED) is 0.822. The number of aromatic hydroxyl groups is 1. The Kier molecular flexibility index (Phi) is 4.73. The Morgan fingerprint density at radius 1 is 1.29 bits per heavy atom. The lowest BCUT2D eigenvalue weighted by molar-refractivity contribution is -0.168. The van der Waals surface area contributed by atoms with Crippen LogP contribution in [0.1, 0.15) is 57.6 Å². The fraction of sp³-hybridized carbons (Fsp3) is 0.619. The van der Waals surface area contributed by atoms with E-state index in [1.54, 1.807) is 12.1 Å². The Morgan fingerprint density at radius 2 is 2.07 bits per heavy atom. The second-order valence-electron chi connectivity index (χ2n) is 8.53. The van der Waals surface area contributed by atoms with E-state index in [-0.39, 0.29) is 48.7 Å². The molecule has 4 atom stereocenters. The second kappa shape index (κ2) is 6.95. The lowest BCUT2D eigenvalue weighted by Gasteiger charge is -2.50. The second-order valence-corrected chi connectivity index (χ2v) is 8.53. The van der Waals surface area contributed by atoms with Crippen LogP contribution in [0.2, 0.25) is 0 Å². The van der Waals surface area contributed by atoms with Crippen molar-refractivity contribution in [3.8, 4) is 11.5 Å². The highest BCUT2D eigenvalue weighted by molar-refractivity contribution is 5.77. The molecule has 0 spiro atoms. The molecule has 0 unspecified atom stereocenters. The Bertz CT molecular complexity index is 791. The van der Waals surface area contributed by atoms with Crippen molar-refractivity contribution in [2.45, 2.75) is 69.8 Å². The summed E-state index contributed by atoms with van der Waals surface area (Å²) in [6.07, 6.45) is 1.94. The minimum Gasteiger partial charge on any atom is -0.504 e. The number of carbonyl (C=O) groups excluding carboxylic acids is 1. The molecule has 0 aliphatic carbocycles. The fourth-order valence-corrected chi connectivity index (χ4v) is 4.93. The van der Waals surface area contributed by atoms with Gasteiger partial charge in [-0.1, -0.05) is 12.1 Å². The Balaban J connectivity index is 1.54. The number of nitrogens with zero attached hydrogens (tertiary/aromatic N) is 1. The molecular weight excluding hydrogens is 362 g/mol. The van der Waals surface area contributed by atoms with E-state index < -0.39 is 11.6 Å². The molecule has 3 heterocycles. The number of carbonyl (C=O) groups is 2. The van der Waals surface area contributed by atoms with E-state index in [1.807, 2.05) is 24.8 Å². The first-order valence-corrected chi connectivity index (χ1v) is 9.95. The van der Waals surface area contributed by atoms with Crippen LogP contribution in [0.25, 0.3) is 0 Å². The molecule has 7 heteroatoms. The molecule has 7 nitrogen and oxygen atoms in total. The van der Waals surface area contributed by atoms with Crippen LogP contribution in [-0.2, 0) is 14.3 Å². The molecule has 3 aliphatic rings. The standard InChI is InChI=1S/C21H27NO6/c1-21(2)13-11-14-16(9-10-22(14)17(24)7-4-8-18(25)26)27-19(13)12-5-3-6-15(23)20(12)28-21/h3,5-6,13-14,16,19,23H,4,7-11H2,1-2H3,(H,25,26)/t13-,14-,16-,19+/m0/s1. The highest BCUT2D eigenvalue weighted by Gasteiger charge is 2.54. The average Bonchev–Trinajstić information content (AvgIpc) is 3.04. The number of phenolic OH excluding ortho intramolecular Hbond substituents is 1. The number of benzene rings is 1. The number of hydrogen-bond donors (Lipinski definition) is 2. The molecule has 28 heavy (non-hydrogen) atoms. The monoisotopic (exact) mass is 389 g/mol. The van der Waals surface area contributed by atoms with Crippen LogP contribution in [-0.4, -0.2) is 51.3 Å². The molecule has 3 aliphatic heterocycles. The Morgan fingerprint density at radius 3 is 2.82 bits per heavy atom. The van der Waals surface area contributed by atoms with Crippen LogP contribution in [0, 0.1) is 5.92 Å². The van der Waals surface area contributed by atoms with Crippen LogP contribution in [0.4, 0.5) is 0 Å². The maximum Gasteiger partial charge on any atom is 0.303 e. The Hall–Kier alpha value is -2.28. The number of ether oxygens (including phenoxy) is 2. The maximum atomic E-state index is 12.7. The number of carboxylic acids is 1. The molecular formula is C21H27NO6. The van der Waals surface area contributed by atoms with E-state index in [4.69, 9.17) is 14.6 Å². The van der Waals surface area contributed by atoms with Crippen LogP contribution < -0.4 is 4.74 Å². The predicted octanol–water partition coefficient (Wildman–Crippen LogP) is 2.87. The first-order valence-electron chi connectivity index (χ1n) is 9.95. The number of carboxylic acid groups (broad SMARTS) is 1. The van der Waals surface area contributed by atoms with Gasteiger partial charge in [0.1, 0.15) is 5.60 Å². The van der Waals surface area contributed by atoms with E-state index >= 15 is 0 Å². The zero-order valence-corrected chi connectivity index (χ0v) is 16.3. The Labute approximate surface area is 164 Å². The van der Waals surface area contributed by atoms with E-state index in [0.717, 1.165) is 18.4 Å². The number of para-hydroxylation sites is 1. The van der Waals surface area contributed by atoms with E-state index in [2.05, 4.69) is 0 Å². The van der Waals surface area contributed by atoms with Crippen LogP contribution in [0.15, 0.2) is 18.2 Å². The van der Waals surface area contributed by atoms with Crippen molar-refractivity contribution in [2.24, 2.45) is 5.92 Å². The summed E-state index contributed by atoms with van der Waals surface area (Å²) >= 11 is 0. The van der Waals surface area contributed by atoms with E-state index in [0.29, 0.717) is 18.7 Å². The summed E-state index contributed by atoms with van der Waals surface area (Å²) in [6, 6.07) is 5.34. The number of aliphatic carboxylic acids is 1. The number of fused-ring (bicyclic) bond motifs is 4. The SMILES string of the molecule is CC1(C)Oc2c(O)cccc2[C@H]2O[C@H]3CCN(C(=O)CCCC(=O)O)[C@H]3C[C@@H]21. The largest absolute Gasteiger partial charge is 0.504 e. The zero-order valence-electron chi connectivity index (χ0n) is 16.3. The van der Waals surface area contributed by atoms with Crippen molar-refractivity contribution >= 4 is 11.9 Å². The van der Waals surface area contributed by atoms with Gasteiger partial charge < -0.3 is 24.6 Å². The predicted molar refractivity (Wildman–Crippen MR) is 100 cm³/mol. The number of hydrogen-bond acceptors (Lipinski definition) is 5. The molecule has 0 saturated carbocycles. The van der Waals surface area contributed by atoms with Gasteiger partial charge in [0.05, 0.1) is 18.2 Å². The minimum atomic E-state index is -0.876. The molecule has 1 aromatic rings. The molecule has 1 amide bonds. The van der Waals surface area contributed by atoms with Gasteiger partial charge in [-0.15, -0.1) is 0 Å². The smallest absolute Gasteiger partial charge is 0.303 e. The normalized spacial score (nSPS) is 30.0. The van der Waals surface area contributed by atoms with Crippen LogP contribution in [0.5, 0.6) is 11.5 Å². The van der Waals surface area contributed by atoms with Gasteiger partial charge in [0.2, 0.25) is 5.91 Å². The lowest BCUT2D eigenvalue weighted by atomic mass is 9.74. The summed E-state index contributed by atoms with van der Waals surface area (Å²) in [6.45, 7) is 4.63. The summed E-state index contributed by atoms with van der Waals surface area (Å²) in [7, 11) is 0. The number of amides is 1. The summed E-state index contributed by atoms with van der Waals surface area (Å²) in [5.41, 5.74) is 0.330. The highest BCUT2D eigenvalue weighted by atomic mass is 16.5. The first kappa shape index (κ1) is 19.1. The first-order chi connectivity index (χ1) is 13.3. The van der Waals surface area contributed by atoms with Gasteiger partial charge in [0, 0.05) is 30.9 Å². The highest BCUT2D eigenvalue weighted by Crippen LogP contribution is 2.54. The van der Waals surface area contributed by atoms with Crippen LogP contribution >= 0.6 is 0 Å². The van der Waals surface area contributed by atoms with Gasteiger partial charge in [0.25, 0.3) is 0 Å². The third-order valence-electron chi connectivity index (χ3n) is 6.36. The molecule has 2 saturated heterocycles. The molecule has 2 N–H and O–H groups in total. The topological polar surface area (TPSA) is 96.3 Å². The van der Waals surface area contributed by atoms with Crippen molar-refractivity contribution < 1.29 is 29.3 Å². The maximum absolute atomic E-state index is 12.7. The van der Waals surface area contributed by atoms with Gasteiger partial charge in [0.15, 0.2) is 11.5 Å². The molecule has 152 valence electrons. The van der Waals surface area contributed by atoms with Crippen molar-refractivity contribution in [3.63, 3.8) is 0 Å². The number of rotatable bonds is 4. The molecule has 0 aromatic heterocycles.